The van der Waals surface area contributed by atoms with Gasteiger partial charge in [0.05, 0.1) is 5.75 Å². The normalized spacial score (nSPS) is 22.6. The third kappa shape index (κ3) is 3.73. The molecule has 1 aromatic rings. The number of piperidine rings is 1. The van der Waals surface area contributed by atoms with E-state index in [2.05, 4.69) is 0 Å². The van der Waals surface area contributed by atoms with Crippen LogP contribution in [-0.4, -0.2) is 31.9 Å². The summed E-state index contributed by atoms with van der Waals surface area (Å²) in [5, 5.41) is 0.497. The first-order chi connectivity index (χ1) is 9.40. The van der Waals surface area contributed by atoms with E-state index in [1.807, 2.05) is 6.92 Å². The van der Waals surface area contributed by atoms with Gasteiger partial charge < -0.3 is 5.73 Å². The summed E-state index contributed by atoms with van der Waals surface area (Å²) in [4.78, 5) is 0. The van der Waals surface area contributed by atoms with Crippen LogP contribution in [0.15, 0.2) is 24.3 Å². The number of halogens is 1. The average molecular weight is 317 g/mol. The first kappa shape index (κ1) is 15.8. The Hall–Kier alpha value is -0.620. The Morgan fingerprint density at radius 3 is 2.80 bits per heavy atom. The number of nitrogens with zero attached hydrogens (tertiary/aromatic N) is 1. The number of benzene rings is 1. The first-order valence-electron chi connectivity index (χ1n) is 6.87. The molecule has 2 rings (SSSR count). The van der Waals surface area contributed by atoms with Crippen LogP contribution >= 0.6 is 11.6 Å². The summed E-state index contributed by atoms with van der Waals surface area (Å²) in [6, 6.07) is 7.09. The topological polar surface area (TPSA) is 63.4 Å². The van der Waals surface area contributed by atoms with Gasteiger partial charge in [-0.15, -0.1) is 0 Å². The van der Waals surface area contributed by atoms with Crippen LogP contribution in [0.4, 0.5) is 0 Å². The molecule has 1 aliphatic heterocycles. The lowest BCUT2D eigenvalue weighted by molar-refractivity contribution is 0.243. The van der Waals surface area contributed by atoms with Crippen molar-refractivity contribution in [3.8, 4) is 0 Å². The molecule has 112 valence electrons. The monoisotopic (exact) mass is 316 g/mol. The molecule has 20 heavy (non-hydrogen) atoms. The van der Waals surface area contributed by atoms with E-state index in [1.165, 1.54) is 0 Å². The molecule has 0 unspecified atom stereocenters. The molecule has 0 bridgehead atoms. The summed E-state index contributed by atoms with van der Waals surface area (Å²) in [7, 11) is -3.33. The Labute approximate surface area is 126 Å². The number of rotatable bonds is 4. The highest BCUT2D eigenvalue weighted by Gasteiger charge is 2.30. The predicted octanol–water partition coefficient (Wildman–Crippen LogP) is 2.23. The van der Waals surface area contributed by atoms with Crippen molar-refractivity contribution < 1.29 is 8.42 Å². The Morgan fingerprint density at radius 1 is 1.45 bits per heavy atom. The van der Waals surface area contributed by atoms with Gasteiger partial charge in [0.2, 0.25) is 10.0 Å². The SMILES string of the molecule is C[C@H](N)[C@H]1CCCN(S(=O)(=O)Cc2ccccc2Cl)C1. The van der Waals surface area contributed by atoms with Gasteiger partial charge in [0.15, 0.2) is 0 Å². The maximum absolute atomic E-state index is 12.5. The average Bonchev–Trinajstić information content (AvgIpc) is 2.41. The van der Waals surface area contributed by atoms with Crippen LogP contribution in [0.1, 0.15) is 25.3 Å². The number of nitrogens with two attached hydrogens (primary N) is 1. The second-order valence-corrected chi connectivity index (χ2v) is 7.84. The Morgan fingerprint density at radius 2 is 2.15 bits per heavy atom. The first-order valence-corrected chi connectivity index (χ1v) is 8.85. The molecule has 0 aromatic heterocycles. The second-order valence-electron chi connectivity index (χ2n) is 5.47. The van der Waals surface area contributed by atoms with Crippen molar-refractivity contribution in [2.45, 2.75) is 31.6 Å². The lowest BCUT2D eigenvalue weighted by atomic mass is 9.93. The van der Waals surface area contributed by atoms with Crippen LogP contribution in [0.5, 0.6) is 0 Å². The van der Waals surface area contributed by atoms with Crippen molar-refractivity contribution in [1.29, 1.82) is 0 Å². The molecule has 2 N–H and O–H groups in total. The lowest BCUT2D eigenvalue weighted by Crippen LogP contribution is -2.45. The number of hydrogen-bond donors (Lipinski definition) is 1. The molecular formula is C14H21ClN2O2S. The van der Waals surface area contributed by atoms with Crippen molar-refractivity contribution in [1.82, 2.24) is 4.31 Å². The third-order valence-electron chi connectivity index (χ3n) is 3.85. The van der Waals surface area contributed by atoms with Crippen molar-refractivity contribution >= 4 is 21.6 Å². The van der Waals surface area contributed by atoms with Crippen LogP contribution < -0.4 is 5.73 Å². The fourth-order valence-electron chi connectivity index (χ4n) is 2.56. The molecule has 2 atom stereocenters. The molecule has 0 radical (unpaired) electrons. The molecule has 0 spiro atoms. The van der Waals surface area contributed by atoms with Gasteiger partial charge in [-0.05, 0) is 37.3 Å². The van der Waals surface area contributed by atoms with Crippen molar-refractivity contribution in [2.75, 3.05) is 13.1 Å². The van der Waals surface area contributed by atoms with E-state index in [1.54, 1.807) is 28.6 Å². The predicted molar refractivity (Wildman–Crippen MR) is 82.0 cm³/mol. The standard InChI is InChI=1S/C14H21ClN2O2S/c1-11(16)12-6-4-8-17(9-12)20(18,19)10-13-5-2-3-7-14(13)15/h2-3,5,7,11-12H,4,6,8-10,16H2,1H3/t11-,12-/m0/s1. The van der Waals surface area contributed by atoms with Gasteiger partial charge in [-0.2, -0.15) is 0 Å². The Kier molecular flexibility index (Phi) is 5.07. The lowest BCUT2D eigenvalue weighted by Gasteiger charge is -2.33. The molecule has 0 amide bonds. The molecule has 4 nitrogen and oxygen atoms in total. The fourth-order valence-corrected chi connectivity index (χ4v) is 4.49. The van der Waals surface area contributed by atoms with Gasteiger partial charge in [0, 0.05) is 24.2 Å². The quantitative estimate of drug-likeness (QED) is 0.926. The zero-order valence-corrected chi connectivity index (χ0v) is 13.2. The van der Waals surface area contributed by atoms with Gasteiger partial charge in [-0.1, -0.05) is 29.8 Å². The van der Waals surface area contributed by atoms with Crippen LogP contribution in [0.3, 0.4) is 0 Å². The smallest absolute Gasteiger partial charge is 0.218 e. The summed E-state index contributed by atoms with van der Waals surface area (Å²) in [6.45, 7) is 3.04. The highest BCUT2D eigenvalue weighted by molar-refractivity contribution is 7.88. The van der Waals surface area contributed by atoms with Crippen molar-refractivity contribution in [2.24, 2.45) is 11.7 Å². The number of hydrogen-bond acceptors (Lipinski definition) is 3. The molecule has 6 heteroatoms. The maximum atomic E-state index is 12.5. The Balaban J connectivity index is 2.12. The molecule has 1 aliphatic rings. The summed E-state index contributed by atoms with van der Waals surface area (Å²) in [5.74, 6) is 0.197. The molecule has 0 saturated carbocycles. The number of sulfonamides is 1. The van der Waals surface area contributed by atoms with Crippen LogP contribution in [0.25, 0.3) is 0 Å². The zero-order chi connectivity index (χ0) is 14.8. The molecule has 1 saturated heterocycles. The maximum Gasteiger partial charge on any atom is 0.218 e. The van der Waals surface area contributed by atoms with E-state index in [4.69, 9.17) is 17.3 Å². The highest BCUT2D eigenvalue weighted by Crippen LogP contribution is 2.25. The zero-order valence-electron chi connectivity index (χ0n) is 11.6. The van der Waals surface area contributed by atoms with Gasteiger partial charge in [0.1, 0.15) is 0 Å². The van der Waals surface area contributed by atoms with Gasteiger partial charge in [-0.3, -0.25) is 0 Å². The van der Waals surface area contributed by atoms with E-state index >= 15 is 0 Å². The summed E-state index contributed by atoms with van der Waals surface area (Å²) in [5.41, 5.74) is 6.56. The van der Waals surface area contributed by atoms with Gasteiger partial charge in [-0.25, -0.2) is 12.7 Å². The summed E-state index contributed by atoms with van der Waals surface area (Å²) < 4.78 is 26.6. The third-order valence-corrected chi connectivity index (χ3v) is 6.02. The van der Waals surface area contributed by atoms with E-state index in [0.717, 1.165) is 12.8 Å². The van der Waals surface area contributed by atoms with E-state index in [9.17, 15) is 8.42 Å². The van der Waals surface area contributed by atoms with Gasteiger partial charge >= 0.3 is 0 Å². The highest BCUT2D eigenvalue weighted by atomic mass is 35.5. The van der Waals surface area contributed by atoms with E-state index < -0.39 is 10.0 Å². The summed E-state index contributed by atoms with van der Waals surface area (Å²) >= 11 is 6.05. The fraction of sp³-hybridized carbons (Fsp3) is 0.571. The molecule has 1 heterocycles. The molecule has 1 fully saturated rings. The van der Waals surface area contributed by atoms with Crippen molar-refractivity contribution in [3.63, 3.8) is 0 Å². The van der Waals surface area contributed by atoms with Crippen LogP contribution in [-0.2, 0) is 15.8 Å². The minimum atomic E-state index is -3.33. The Bertz CT molecular complexity index is 560. The molecule has 1 aromatic carbocycles. The van der Waals surface area contributed by atoms with Gasteiger partial charge in [0.25, 0.3) is 0 Å². The minimum absolute atomic E-state index is 0.0216. The minimum Gasteiger partial charge on any atom is -0.328 e. The van der Waals surface area contributed by atoms with Crippen LogP contribution in [0.2, 0.25) is 5.02 Å². The summed E-state index contributed by atoms with van der Waals surface area (Å²) in [6.07, 6.45) is 1.86. The van der Waals surface area contributed by atoms with Crippen molar-refractivity contribution in [3.05, 3.63) is 34.9 Å². The molecular weight excluding hydrogens is 296 g/mol. The second kappa shape index (κ2) is 6.43. The van der Waals surface area contributed by atoms with E-state index in [0.29, 0.717) is 23.7 Å². The largest absolute Gasteiger partial charge is 0.328 e. The van der Waals surface area contributed by atoms with Crippen LogP contribution in [0, 0.1) is 5.92 Å². The molecule has 0 aliphatic carbocycles. The van der Waals surface area contributed by atoms with E-state index in [-0.39, 0.29) is 17.7 Å².